The van der Waals surface area contributed by atoms with Gasteiger partial charge in [-0.05, 0) is 37.7 Å². The van der Waals surface area contributed by atoms with E-state index in [1.165, 1.54) is 16.9 Å². The fraction of sp³-hybridized carbons (Fsp3) is 0.400. The average molecular weight is 299 g/mol. The maximum Gasteiger partial charge on any atom is 0.168 e. The molecule has 0 fully saturated rings. The maximum atomic E-state index is 6.07. The van der Waals surface area contributed by atoms with Gasteiger partial charge >= 0.3 is 0 Å². The molecule has 4 rings (SSSR count). The van der Waals surface area contributed by atoms with E-state index in [1.807, 2.05) is 13.0 Å². The predicted octanol–water partition coefficient (Wildman–Crippen LogP) is 2.89. The number of hydrogen-bond donors (Lipinski definition) is 1. The van der Waals surface area contributed by atoms with Crippen molar-refractivity contribution >= 4 is 27.4 Å². The number of nitrogens with zero attached hydrogens (tertiary/aromatic N) is 4. The van der Waals surface area contributed by atoms with Crippen LogP contribution in [0.3, 0.4) is 0 Å². The van der Waals surface area contributed by atoms with Crippen LogP contribution in [0.2, 0.25) is 0 Å². The van der Waals surface area contributed by atoms with E-state index in [2.05, 4.69) is 22.0 Å². The Bertz CT molecular complexity index is 832. The summed E-state index contributed by atoms with van der Waals surface area (Å²) in [5, 5.41) is 5.62. The molecule has 0 spiro atoms. The highest BCUT2D eigenvalue weighted by molar-refractivity contribution is 7.18. The number of rotatable bonds is 1. The third kappa shape index (κ3) is 1.93. The fourth-order valence-electron chi connectivity index (χ4n) is 3.11. The Morgan fingerprint density at radius 3 is 3.00 bits per heavy atom. The van der Waals surface area contributed by atoms with Crippen LogP contribution in [0, 0.1) is 12.8 Å². The van der Waals surface area contributed by atoms with Crippen molar-refractivity contribution in [2.75, 3.05) is 5.73 Å². The van der Waals surface area contributed by atoms with Crippen LogP contribution >= 0.6 is 11.3 Å². The molecule has 6 heteroatoms. The van der Waals surface area contributed by atoms with Gasteiger partial charge in [0, 0.05) is 10.9 Å². The van der Waals surface area contributed by atoms with Crippen molar-refractivity contribution in [2.24, 2.45) is 5.92 Å². The highest BCUT2D eigenvalue weighted by Gasteiger charge is 2.24. The number of aromatic nitrogens is 4. The molecular formula is C15H17N5S. The summed E-state index contributed by atoms with van der Waals surface area (Å²) >= 11 is 1.79. The quantitative estimate of drug-likeness (QED) is 0.750. The van der Waals surface area contributed by atoms with E-state index in [1.54, 1.807) is 22.3 Å². The largest absolute Gasteiger partial charge is 0.384 e. The Morgan fingerprint density at radius 1 is 1.38 bits per heavy atom. The Labute approximate surface area is 126 Å². The lowest BCUT2D eigenvalue weighted by atomic mass is 9.89. The Morgan fingerprint density at radius 2 is 2.24 bits per heavy atom. The SMILES string of the molecule is Cc1cc(N)n(-c2ncnc3sc4c(c23)CCC(C)C4)n1. The van der Waals surface area contributed by atoms with Gasteiger partial charge in [0.1, 0.15) is 17.0 Å². The van der Waals surface area contributed by atoms with Gasteiger partial charge in [-0.25, -0.2) is 9.97 Å². The van der Waals surface area contributed by atoms with Crippen molar-refractivity contribution in [2.45, 2.75) is 33.1 Å². The monoisotopic (exact) mass is 299 g/mol. The lowest BCUT2D eigenvalue weighted by molar-refractivity contribution is 0.509. The molecule has 21 heavy (non-hydrogen) atoms. The van der Waals surface area contributed by atoms with E-state index in [9.17, 15) is 0 Å². The minimum absolute atomic E-state index is 0.622. The van der Waals surface area contributed by atoms with Crippen molar-refractivity contribution in [1.82, 2.24) is 19.7 Å². The van der Waals surface area contributed by atoms with Crippen molar-refractivity contribution in [3.05, 3.63) is 28.5 Å². The summed E-state index contributed by atoms with van der Waals surface area (Å²) in [4.78, 5) is 11.4. The van der Waals surface area contributed by atoms with E-state index in [0.29, 0.717) is 5.82 Å². The van der Waals surface area contributed by atoms with Crippen molar-refractivity contribution < 1.29 is 0 Å². The number of aryl methyl sites for hydroxylation is 2. The van der Waals surface area contributed by atoms with Gasteiger partial charge in [-0.15, -0.1) is 11.3 Å². The second-order valence-electron chi connectivity index (χ2n) is 5.85. The third-order valence-electron chi connectivity index (χ3n) is 4.13. The van der Waals surface area contributed by atoms with Gasteiger partial charge in [-0.1, -0.05) is 6.92 Å². The minimum atomic E-state index is 0.622. The number of nitrogens with two attached hydrogens (primary N) is 1. The number of fused-ring (bicyclic) bond motifs is 3. The molecule has 5 nitrogen and oxygen atoms in total. The zero-order chi connectivity index (χ0) is 14.6. The summed E-state index contributed by atoms with van der Waals surface area (Å²) in [6.07, 6.45) is 5.07. The van der Waals surface area contributed by atoms with E-state index in [4.69, 9.17) is 5.73 Å². The Kier molecular flexibility index (Phi) is 2.75. The van der Waals surface area contributed by atoms with Crippen molar-refractivity contribution in [1.29, 1.82) is 0 Å². The number of hydrogen-bond acceptors (Lipinski definition) is 5. The molecular weight excluding hydrogens is 282 g/mol. The van der Waals surface area contributed by atoms with Crippen LogP contribution in [0.15, 0.2) is 12.4 Å². The first kappa shape index (κ1) is 12.8. The first-order valence-corrected chi connectivity index (χ1v) is 8.03. The van der Waals surface area contributed by atoms with E-state index in [0.717, 1.165) is 40.5 Å². The zero-order valence-corrected chi connectivity index (χ0v) is 12.9. The zero-order valence-electron chi connectivity index (χ0n) is 12.1. The summed E-state index contributed by atoms with van der Waals surface area (Å²) in [6.45, 7) is 4.25. The van der Waals surface area contributed by atoms with Gasteiger partial charge in [0.25, 0.3) is 0 Å². The van der Waals surface area contributed by atoms with E-state index < -0.39 is 0 Å². The summed E-state index contributed by atoms with van der Waals surface area (Å²) in [5.74, 6) is 2.19. The second kappa shape index (κ2) is 4.53. The lowest BCUT2D eigenvalue weighted by Gasteiger charge is -2.18. The highest BCUT2D eigenvalue weighted by Crippen LogP contribution is 2.39. The van der Waals surface area contributed by atoms with Crippen LogP contribution in [0.5, 0.6) is 0 Å². The Hall–Kier alpha value is -1.95. The van der Waals surface area contributed by atoms with Crippen LogP contribution in [0.1, 0.15) is 29.5 Å². The minimum Gasteiger partial charge on any atom is -0.384 e. The molecule has 1 atom stereocenters. The molecule has 3 heterocycles. The van der Waals surface area contributed by atoms with Gasteiger partial charge in [-0.2, -0.15) is 9.78 Å². The molecule has 1 aliphatic rings. The van der Waals surface area contributed by atoms with Gasteiger partial charge in [-0.3, -0.25) is 0 Å². The number of anilines is 1. The van der Waals surface area contributed by atoms with Crippen molar-refractivity contribution in [3.8, 4) is 5.82 Å². The van der Waals surface area contributed by atoms with E-state index >= 15 is 0 Å². The topological polar surface area (TPSA) is 69.6 Å². The molecule has 0 saturated heterocycles. The van der Waals surface area contributed by atoms with Crippen LogP contribution in [0.4, 0.5) is 5.82 Å². The first-order chi connectivity index (χ1) is 10.1. The predicted molar refractivity (Wildman–Crippen MR) is 84.9 cm³/mol. The fourth-order valence-corrected chi connectivity index (χ4v) is 4.45. The molecule has 3 aromatic rings. The van der Waals surface area contributed by atoms with E-state index in [-0.39, 0.29) is 0 Å². The van der Waals surface area contributed by atoms with Crippen molar-refractivity contribution in [3.63, 3.8) is 0 Å². The van der Waals surface area contributed by atoms with Gasteiger partial charge < -0.3 is 5.73 Å². The Balaban J connectivity index is 2.00. The summed E-state index contributed by atoms with van der Waals surface area (Å²) in [6, 6.07) is 1.87. The molecule has 0 saturated carbocycles. The summed E-state index contributed by atoms with van der Waals surface area (Å²) < 4.78 is 1.74. The van der Waals surface area contributed by atoms with Crippen LogP contribution in [-0.4, -0.2) is 19.7 Å². The molecule has 1 unspecified atom stereocenters. The molecule has 108 valence electrons. The van der Waals surface area contributed by atoms with Gasteiger partial charge in [0.15, 0.2) is 5.82 Å². The molecule has 3 aromatic heterocycles. The second-order valence-corrected chi connectivity index (χ2v) is 6.94. The molecule has 0 radical (unpaired) electrons. The number of nitrogen functional groups attached to an aromatic ring is 1. The molecule has 0 aliphatic heterocycles. The lowest BCUT2D eigenvalue weighted by Crippen LogP contribution is -2.10. The van der Waals surface area contributed by atoms with Crippen LogP contribution in [0.25, 0.3) is 16.0 Å². The standard InChI is InChI=1S/C15H17N5S/c1-8-3-4-10-11(5-8)21-15-13(10)14(17-7-18-15)20-12(16)6-9(2)19-20/h6-8H,3-5,16H2,1-2H3. The van der Waals surface area contributed by atoms with Gasteiger partial charge in [0.2, 0.25) is 0 Å². The average Bonchev–Trinajstić information content (AvgIpc) is 2.97. The molecule has 0 bridgehead atoms. The van der Waals surface area contributed by atoms with Gasteiger partial charge in [0.05, 0.1) is 11.1 Å². The maximum absolute atomic E-state index is 6.07. The molecule has 0 aromatic carbocycles. The third-order valence-corrected chi connectivity index (χ3v) is 5.29. The molecule has 1 aliphatic carbocycles. The smallest absolute Gasteiger partial charge is 0.168 e. The normalized spacial score (nSPS) is 18.1. The molecule has 2 N–H and O–H groups in total. The van der Waals surface area contributed by atoms with Crippen LogP contribution < -0.4 is 5.73 Å². The summed E-state index contributed by atoms with van der Waals surface area (Å²) in [5.41, 5.74) is 8.37. The number of thiophene rings is 1. The highest BCUT2D eigenvalue weighted by atomic mass is 32.1. The van der Waals surface area contributed by atoms with Crippen LogP contribution in [-0.2, 0) is 12.8 Å². The molecule has 0 amide bonds. The first-order valence-electron chi connectivity index (χ1n) is 7.21. The summed E-state index contributed by atoms with van der Waals surface area (Å²) in [7, 11) is 0.